The summed E-state index contributed by atoms with van der Waals surface area (Å²) in [4.78, 5) is 78.5. The quantitative estimate of drug-likeness (QED) is 0.124. The monoisotopic (exact) mass is 650 g/mol. The van der Waals surface area contributed by atoms with E-state index in [1.165, 1.54) is 4.90 Å². The summed E-state index contributed by atoms with van der Waals surface area (Å²) in [6.07, 6.45) is 2.37. The van der Waals surface area contributed by atoms with Crippen LogP contribution in [0, 0.1) is 0 Å². The number of carbonyl (C=O) groups is 6. The number of carbonyl (C=O) groups excluding carboxylic acids is 5. The van der Waals surface area contributed by atoms with Crippen LogP contribution in [0.25, 0.3) is 0 Å². The van der Waals surface area contributed by atoms with E-state index < -0.39 is 60.4 Å². The van der Waals surface area contributed by atoms with E-state index in [0.717, 1.165) is 12.0 Å². The molecule has 2 aromatic rings. The minimum Gasteiger partial charge on any atom is -0.480 e. The molecule has 0 bridgehead atoms. The molecular weight excluding hydrogens is 608 g/mol. The second-order valence-electron chi connectivity index (χ2n) is 11.7. The Morgan fingerprint density at radius 1 is 0.787 bits per heavy atom. The van der Waals surface area contributed by atoms with Crippen molar-refractivity contribution in [1.82, 2.24) is 31.5 Å². The third kappa shape index (κ3) is 10.1. The first-order valence-electron chi connectivity index (χ1n) is 15.8. The molecule has 5 amide bonds. The molecule has 14 heteroatoms. The highest BCUT2D eigenvalue weighted by atomic mass is 16.4. The Morgan fingerprint density at radius 2 is 1.43 bits per heavy atom. The zero-order chi connectivity index (χ0) is 33.8. The Morgan fingerprint density at radius 3 is 2.00 bits per heavy atom. The molecule has 2 aliphatic rings. The zero-order valence-electron chi connectivity index (χ0n) is 26.0. The lowest BCUT2D eigenvalue weighted by atomic mass is 10.0. The van der Waals surface area contributed by atoms with E-state index >= 15 is 0 Å². The van der Waals surface area contributed by atoms with Crippen molar-refractivity contribution in [3.8, 4) is 0 Å². The van der Waals surface area contributed by atoms with E-state index in [0.29, 0.717) is 24.9 Å². The first kappa shape index (κ1) is 35.0. The Labute approximate surface area is 272 Å². The van der Waals surface area contributed by atoms with Crippen LogP contribution in [0.3, 0.4) is 0 Å². The second-order valence-corrected chi connectivity index (χ2v) is 11.7. The summed E-state index contributed by atoms with van der Waals surface area (Å²) < 4.78 is 0. The Kier molecular flexibility index (Phi) is 12.8. The van der Waals surface area contributed by atoms with E-state index in [-0.39, 0.29) is 44.3 Å². The van der Waals surface area contributed by atoms with Gasteiger partial charge in [0.05, 0.1) is 19.2 Å². The minimum atomic E-state index is -1.43. The molecule has 47 heavy (non-hydrogen) atoms. The highest BCUT2D eigenvalue weighted by Crippen LogP contribution is 2.19. The molecule has 0 aliphatic carbocycles. The van der Waals surface area contributed by atoms with Crippen molar-refractivity contribution in [3.63, 3.8) is 0 Å². The van der Waals surface area contributed by atoms with Crippen LogP contribution >= 0.6 is 0 Å². The van der Waals surface area contributed by atoms with E-state index in [1.54, 1.807) is 60.7 Å². The van der Waals surface area contributed by atoms with Crippen molar-refractivity contribution in [2.75, 3.05) is 26.2 Å². The van der Waals surface area contributed by atoms with Gasteiger partial charge in [-0.1, -0.05) is 60.7 Å². The summed E-state index contributed by atoms with van der Waals surface area (Å²) in [6, 6.07) is 12.5. The number of nitrogens with one attached hydrogen (secondary N) is 5. The molecule has 2 aliphatic heterocycles. The van der Waals surface area contributed by atoms with Gasteiger partial charge < -0.3 is 41.7 Å². The molecule has 0 radical (unpaired) electrons. The molecule has 0 unspecified atom stereocenters. The van der Waals surface area contributed by atoms with Crippen LogP contribution in [0.4, 0.5) is 0 Å². The predicted octanol–water partition coefficient (Wildman–Crippen LogP) is -1.14. The van der Waals surface area contributed by atoms with Crippen LogP contribution in [0.1, 0.15) is 36.8 Å². The van der Waals surface area contributed by atoms with Gasteiger partial charge in [0.1, 0.15) is 24.2 Å². The molecule has 252 valence electrons. The Balaban J connectivity index is 1.39. The van der Waals surface area contributed by atoms with Crippen molar-refractivity contribution < 1.29 is 39.0 Å². The summed E-state index contributed by atoms with van der Waals surface area (Å²) in [5.41, 5.74) is 1.44. The lowest BCUT2D eigenvalue weighted by Crippen LogP contribution is -2.59. The van der Waals surface area contributed by atoms with Crippen molar-refractivity contribution in [3.05, 3.63) is 71.8 Å². The molecule has 7 N–H and O–H groups in total. The highest BCUT2D eigenvalue weighted by Gasteiger charge is 2.39. The number of benzene rings is 2. The maximum absolute atomic E-state index is 13.6. The third-order valence-electron chi connectivity index (χ3n) is 8.27. The van der Waals surface area contributed by atoms with Crippen LogP contribution in [0.5, 0.6) is 0 Å². The summed E-state index contributed by atoms with van der Waals surface area (Å²) in [7, 11) is 0. The zero-order valence-corrected chi connectivity index (χ0v) is 26.0. The number of hydrogen-bond acceptors (Lipinski definition) is 8. The molecular formula is C33H42N6O8. The number of carboxylic acid groups (broad SMARTS) is 1. The number of rotatable bonds is 15. The van der Waals surface area contributed by atoms with Crippen LogP contribution in [-0.2, 0) is 41.6 Å². The molecule has 0 saturated carbocycles. The Bertz CT molecular complexity index is 1400. The summed E-state index contributed by atoms with van der Waals surface area (Å²) in [5, 5.41) is 33.1. The van der Waals surface area contributed by atoms with E-state index in [1.807, 2.05) is 0 Å². The lowest BCUT2D eigenvalue weighted by Gasteiger charge is -2.29. The number of aliphatic hydroxyl groups excluding tert-OH is 1. The number of hydrogen-bond donors (Lipinski definition) is 7. The Hall–Kier alpha value is -4.82. The maximum atomic E-state index is 13.6. The van der Waals surface area contributed by atoms with Gasteiger partial charge in [-0.3, -0.25) is 24.0 Å². The van der Waals surface area contributed by atoms with Gasteiger partial charge in [0, 0.05) is 19.4 Å². The maximum Gasteiger partial charge on any atom is 0.326 e. The van der Waals surface area contributed by atoms with Crippen molar-refractivity contribution in [2.24, 2.45) is 0 Å². The number of carboxylic acids is 1. The van der Waals surface area contributed by atoms with Gasteiger partial charge in [-0.2, -0.15) is 0 Å². The molecule has 2 saturated heterocycles. The predicted molar refractivity (Wildman–Crippen MR) is 170 cm³/mol. The molecule has 14 nitrogen and oxygen atoms in total. The number of aliphatic carboxylic acids is 1. The fourth-order valence-electron chi connectivity index (χ4n) is 5.78. The summed E-state index contributed by atoms with van der Waals surface area (Å²) >= 11 is 0. The molecule has 2 heterocycles. The van der Waals surface area contributed by atoms with Crippen LogP contribution in [0.2, 0.25) is 0 Å². The molecule has 0 spiro atoms. The molecule has 4 rings (SSSR count). The van der Waals surface area contributed by atoms with Gasteiger partial charge in [-0.15, -0.1) is 0 Å². The SMILES string of the molecule is O=C(CNC(=O)[C@@H]1CCCN1)N[C@@H](Cc1ccccc1)C(=O)N[C@@H](CO)C(=O)N1CCC[C@H]1C(=O)N[C@@H](Cc1ccccc1)C(=O)O. The first-order valence-corrected chi connectivity index (χ1v) is 15.8. The number of likely N-dealkylation sites (tertiary alicyclic amines) is 1. The fraction of sp³-hybridized carbons (Fsp3) is 0.455. The fourth-order valence-corrected chi connectivity index (χ4v) is 5.78. The molecule has 5 atom stereocenters. The van der Waals surface area contributed by atoms with E-state index in [2.05, 4.69) is 26.6 Å². The molecule has 2 fully saturated rings. The largest absolute Gasteiger partial charge is 0.480 e. The van der Waals surface area contributed by atoms with Crippen molar-refractivity contribution in [1.29, 1.82) is 0 Å². The lowest BCUT2D eigenvalue weighted by molar-refractivity contribution is -0.145. The van der Waals surface area contributed by atoms with Crippen LogP contribution < -0.4 is 26.6 Å². The number of amides is 5. The molecule has 0 aromatic heterocycles. The average Bonchev–Trinajstić information content (AvgIpc) is 3.80. The van der Waals surface area contributed by atoms with Gasteiger partial charge in [0.15, 0.2) is 0 Å². The molecule has 2 aromatic carbocycles. The third-order valence-corrected chi connectivity index (χ3v) is 8.27. The van der Waals surface area contributed by atoms with Crippen LogP contribution in [-0.4, -0.2) is 107 Å². The summed E-state index contributed by atoms with van der Waals surface area (Å²) in [6.45, 7) is -0.254. The highest BCUT2D eigenvalue weighted by molar-refractivity contribution is 5.96. The second kappa shape index (κ2) is 17.2. The van der Waals surface area contributed by atoms with Gasteiger partial charge in [0.2, 0.25) is 29.5 Å². The summed E-state index contributed by atoms with van der Waals surface area (Å²) in [5.74, 6) is -4.25. The first-order chi connectivity index (χ1) is 22.7. The number of aliphatic hydroxyl groups is 1. The van der Waals surface area contributed by atoms with Crippen LogP contribution in [0.15, 0.2) is 60.7 Å². The average molecular weight is 651 g/mol. The van der Waals surface area contributed by atoms with Crippen molar-refractivity contribution in [2.45, 2.75) is 68.7 Å². The van der Waals surface area contributed by atoms with E-state index in [9.17, 15) is 39.0 Å². The minimum absolute atomic E-state index is 0.0492. The van der Waals surface area contributed by atoms with Crippen molar-refractivity contribution >= 4 is 35.5 Å². The van der Waals surface area contributed by atoms with Gasteiger partial charge in [0.25, 0.3) is 0 Å². The van der Waals surface area contributed by atoms with E-state index in [4.69, 9.17) is 0 Å². The standard InChI is InChI=1S/C33H42N6O8/c40-20-26(32(45)39-16-8-14-27(39)31(44)37-25(33(46)47)18-22-11-5-2-6-12-22)38-30(43)24(17-21-9-3-1-4-10-21)36-28(41)19-35-29(42)23-13-7-15-34-23/h1-6,9-12,23-27,34,40H,7-8,13-20H2,(H,35,42)(H,36,41)(H,37,44)(H,38,43)(H,46,47)/t23-,24-,25-,26-,27-/m0/s1. The van der Waals surface area contributed by atoms with Gasteiger partial charge >= 0.3 is 5.97 Å². The smallest absolute Gasteiger partial charge is 0.326 e. The van der Waals surface area contributed by atoms with Gasteiger partial charge in [-0.25, -0.2) is 4.79 Å². The normalized spacial score (nSPS) is 19.2. The number of nitrogens with zero attached hydrogens (tertiary/aromatic N) is 1. The topological polar surface area (TPSA) is 206 Å². The van der Waals surface area contributed by atoms with Gasteiger partial charge in [-0.05, 0) is 43.4 Å².